The van der Waals surface area contributed by atoms with Crippen LogP contribution in [0.2, 0.25) is 0 Å². The molecule has 2 rings (SSSR count). The average Bonchev–Trinajstić information content (AvgIpc) is 2.95. The van der Waals surface area contributed by atoms with Crippen LogP contribution in [0.4, 0.5) is 0 Å². The van der Waals surface area contributed by atoms with Gasteiger partial charge in [-0.3, -0.25) is 0 Å². The first-order chi connectivity index (χ1) is 10.2. The van der Waals surface area contributed by atoms with Gasteiger partial charge in [-0.05, 0) is 38.8 Å². The fourth-order valence-electron chi connectivity index (χ4n) is 3.04. The van der Waals surface area contributed by atoms with E-state index in [1.807, 2.05) is 6.20 Å². The molecule has 21 heavy (non-hydrogen) atoms. The van der Waals surface area contributed by atoms with Gasteiger partial charge in [-0.15, -0.1) is 0 Å². The van der Waals surface area contributed by atoms with Crippen LogP contribution < -0.4 is 5.32 Å². The summed E-state index contributed by atoms with van der Waals surface area (Å²) in [6, 6.07) is 0.458. The highest BCUT2D eigenvalue weighted by atomic mass is 16.3. The number of hydrogen-bond acceptors (Lipinski definition) is 4. The molecule has 1 fully saturated rings. The predicted molar refractivity (Wildman–Crippen MR) is 85.3 cm³/mol. The molecule has 0 saturated carbocycles. The van der Waals surface area contributed by atoms with E-state index in [0.29, 0.717) is 18.6 Å². The molecule has 1 aromatic heterocycles. The summed E-state index contributed by atoms with van der Waals surface area (Å²) in [6.45, 7) is 10.1. The molecule has 2 heterocycles. The number of hydrogen-bond donors (Lipinski definition) is 2. The van der Waals surface area contributed by atoms with E-state index in [1.165, 1.54) is 0 Å². The number of likely N-dealkylation sites (tertiary alicyclic amines) is 1. The molecule has 2 N–H and O–H groups in total. The van der Waals surface area contributed by atoms with Crippen LogP contribution in [0.3, 0.4) is 0 Å². The molecule has 1 atom stereocenters. The van der Waals surface area contributed by atoms with Crippen LogP contribution in [0.1, 0.15) is 32.5 Å². The number of aliphatic hydroxyl groups excluding tert-OH is 1. The van der Waals surface area contributed by atoms with Gasteiger partial charge in [0, 0.05) is 51.1 Å². The summed E-state index contributed by atoms with van der Waals surface area (Å²) < 4.78 is 2.24. The van der Waals surface area contributed by atoms with Crippen LogP contribution in [0.15, 0.2) is 12.4 Å². The van der Waals surface area contributed by atoms with E-state index in [1.54, 1.807) is 0 Å². The number of aliphatic hydroxyl groups is 1. The Hall–Kier alpha value is -0.910. The second kappa shape index (κ2) is 8.51. The van der Waals surface area contributed by atoms with Crippen molar-refractivity contribution in [3.63, 3.8) is 0 Å². The van der Waals surface area contributed by atoms with Crippen LogP contribution in [-0.2, 0) is 13.0 Å². The summed E-state index contributed by atoms with van der Waals surface area (Å²) in [6.07, 6.45) is 7.22. The third-order valence-electron chi connectivity index (χ3n) is 4.47. The Balaban J connectivity index is 1.62. The molecule has 5 nitrogen and oxygen atoms in total. The van der Waals surface area contributed by atoms with Crippen molar-refractivity contribution in [3.8, 4) is 0 Å². The van der Waals surface area contributed by atoms with Crippen molar-refractivity contribution >= 4 is 0 Å². The Morgan fingerprint density at radius 2 is 2.19 bits per heavy atom. The normalized spacial score (nSPS) is 19.0. The number of aromatic nitrogens is 2. The van der Waals surface area contributed by atoms with Crippen LogP contribution in [0.5, 0.6) is 0 Å². The Labute approximate surface area is 128 Å². The number of rotatable bonds is 8. The highest BCUT2D eigenvalue weighted by Crippen LogP contribution is 2.15. The number of aryl methyl sites for hydroxylation is 1. The van der Waals surface area contributed by atoms with Gasteiger partial charge in [0.15, 0.2) is 0 Å². The number of nitrogens with zero attached hydrogens (tertiary/aromatic N) is 3. The Morgan fingerprint density at radius 1 is 1.43 bits per heavy atom. The van der Waals surface area contributed by atoms with Crippen LogP contribution in [-0.4, -0.2) is 58.4 Å². The largest absolute Gasteiger partial charge is 0.396 e. The molecule has 0 aromatic carbocycles. The SMILES string of the molecule is CCc1nccn1C[C@H](C)NCCN1CCC(CO)CC1. The maximum absolute atomic E-state index is 9.15. The minimum absolute atomic E-state index is 0.355. The van der Waals surface area contributed by atoms with E-state index in [0.717, 1.165) is 57.8 Å². The van der Waals surface area contributed by atoms with E-state index < -0.39 is 0 Å². The Kier molecular flexibility index (Phi) is 6.67. The van der Waals surface area contributed by atoms with Gasteiger partial charge in [0.05, 0.1) is 0 Å². The first-order valence-electron chi connectivity index (χ1n) is 8.29. The lowest BCUT2D eigenvalue weighted by atomic mass is 9.98. The van der Waals surface area contributed by atoms with E-state index in [9.17, 15) is 0 Å². The maximum Gasteiger partial charge on any atom is 0.108 e. The van der Waals surface area contributed by atoms with Gasteiger partial charge in [-0.2, -0.15) is 0 Å². The molecular formula is C16H30N4O. The van der Waals surface area contributed by atoms with Gasteiger partial charge in [-0.25, -0.2) is 4.98 Å². The number of imidazole rings is 1. The van der Waals surface area contributed by atoms with Crippen LogP contribution in [0.25, 0.3) is 0 Å². The first kappa shape index (κ1) is 16.5. The second-order valence-corrected chi connectivity index (χ2v) is 6.17. The molecule has 120 valence electrons. The quantitative estimate of drug-likeness (QED) is 0.755. The van der Waals surface area contributed by atoms with Crippen molar-refractivity contribution in [2.45, 2.75) is 45.7 Å². The highest BCUT2D eigenvalue weighted by Gasteiger charge is 2.17. The van der Waals surface area contributed by atoms with Gasteiger partial charge in [0.25, 0.3) is 0 Å². The topological polar surface area (TPSA) is 53.3 Å². The lowest BCUT2D eigenvalue weighted by Crippen LogP contribution is -2.41. The molecule has 1 aromatic rings. The summed E-state index contributed by atoms with van der Waals surface area (Å²) in [4.78, 5) is 6.86. The van der Waals surface area contributed by atoms with Crippen molar-refractivity contribution < 1.29 is 5.11 Å². The zero-order chi connectivity index (χ0) is 15.1. The lowest BCUT2D eigenvalue weighted by Gasteiger charge is -2.31. The molecule has 1 aliphatic heterocycles. The molecule has 0 bridgehead atoms. The first-order valence-corrected chi connectivity index (χ1v) is 8.29. The zero-order valence-electron chi connectivity index (χ0n) is 13.5. The van der Waals surface area contributed by atoms with Crippen molar-refractivity contribution in [2.75, 3.05) is 32.8 Å². The van der Waals surface area contributed by atoms with E-state index in [4.69, 9.17) is 5.11 Å². The molecule has 0 amide bonds. The van der Waals surface area contributed by atoms with E-state index in [-0.39, 0.29) is 0 Å². The summed E-state index contributed by atoms with van der Waals surface area (Å²) in [5, 5.41) is 12.8. The Bertz CT molecular complexity index is 399. The highest BCUT2D eigenvalue weighted by molar-refractivity contribution is 4.92. The zero-order valence-corrected chi connectivity index (χ0v) is 13.5. The predicted octanol–water partition coefficient (Wildman–Crippen LogP) is 1.13. The molecule has 1 aliphatic rings. The summed E-state index contributed by atoms with van der Waals surface area (Å²) in [5.41, 5.74) is 0. The minimum atomic E-state index is 0.355. The number of nitrogens with one attached hydrogen (secondary N) is 1. The molecule has 0 aliphatic carbocycles. The fourth-order valence-corrected chi connectivity index (χ4v) is 3.04. The third-order valence-corrected chi connectivity index (χ3v) is 4.47. The molecule has 0 spiro atoms. The monoisotopic (exact) mass is 294 g/mol. The van der Waals surface area contributed by atoms with Crippen molar-refractivity contribution in [1.82, 2.24) is 19.8 Å². The van der Waals surface area contributed by atoms with Crippen molar-refractivity contribution in [1.29, 1.82) is 0 Å². The van der Waals surface area contributed by atoms with Crippen molar-refractivity contribution in [3.05, 3.63) is 18.2 Å². The van der Waals surface area contributed by atoms with E-state index >= 15 is 0 Å². The fraction of sp³-hybridized carbons (Fsp3) is 0.812. The molecule has 0 unspecified atom stereocenters. The van der Waals surface area contributed by atoms with Crippen molar-refractivity contribution in [2.24, 2.45) is 5.92 Å². The van der Waals surface area contributed by atoms with Gasteiger partial charge in [0.1, 0.15) is 5.82 Å². The maximum atomic E-state index is 9.15. The lowest BCUT2D eigenvalue weighted by molar-refractivity contribution is 0.131. The van der Waals surface area contributed by atoms with E-state index in [2.05, 4.69) is 39.8 Å². The average molecular weight is 294 g/mol. The third kappa shape index (κ3) is 5.09. The van der Waals surface area contributed by atoms with Gasteiger partial charge >= 0.3 is 0 Å². The van der Waals surface area contributed by atoms with Crippen LogP contribution in [0, 0.1) is 5.92 Å². The standard InChI is InChI=1S/C16H30N4O/c1-3-16-18-7-11-20(16)12-14(2)17-6-10-19-8-4-15(13-21)5-9-19/h7,11,14-15,17,21H,3-6,8-10,12-13H2,1-2H3/t14-/m0/s1. The molecular weight excluding hydrogens is 264 g/mol. The summed E-state index contributed by atoms with van der Waals surface area (Å²) >= 11 is 0. The smallest absolute Gasteiger partial charge is 0.108 e. The minimum Gasteiger partial charge on any atom is -0.396 e. The van der Waals surface area contributed by atoms with Gasteiger partial charge < -0.3 is 19.9 Å². The summed E-state index contributed by atoms with van der Waals surface area (Å²) in [5.74, 6) is 1.69. The van der Waals surface area contributed by atoms with Crippen LogP contribution >= 0.6 is 0 Å². The van der Waals surface area contributed by atoms with Gasteiger partial charge in [0.2, 0.25) is 0 Å². The second-order valence-electron chi connectivity index (χ2n) is 6.17. The number of piperidine rings is 1. The van der Waals surface area contributed by atoms with Gasteiger partial charge in [-0.1, -0.05) is 6.92 Å². The summed E-state index contributed by atoms with van der Waals surface area (Å²) in [7, 11) is 0. The molecule has 1 saturated heterocycles. The molecule has 5 heteroatoms. The Morgan fingerprint density at radius 3 is 2.86 bits per heavy atom. The molecule has 0 radical (unpaired) electrons.